The Morgan fingerprint density at radius 1 is 1.48 bits per heavy atom. The number of aromatic nitrogens is 2. The minimum absolute atomic E-state index is 0.0489. The zero-order chi connectivity index (χ0) is 16.4. The number of benzene rings is 1. The Kier molecular flexibility index (Phi) is 4.07. The van der Waals surface area contributed by atoms with Gasteiger partial charge in [0.15, 0.2) is 0 Å². The van der Waals surface area contributed by atoms with Crippen LogP contribution in [-0.2, 0) is 29.0 Å². The first kappa shape index (κ1) is 15.2. The molecular formula is C15H16N4O4. The number of nitrogens with zero attached hydrogens (tertiary/aromatic N) is 3. The maximum Gasteiger partial charge on any atom is 0.323 e. The molecule has 0 bridgehead atoms. The third-order valence-electron chi connectivity index (χ3n) is 4.00. The van der Waals surface area contributed by atoms with Crippen LogP contribution in [0.3, 0.4) is 0 Å². The minimum Gasteiger partial charge on any atom is -0.468 e. The van der Waals surface area contributed by atoms with Crippen LogP contribution in [0.25, 0.3) is 0 Å². The Hall–Kier alpha value is -2.74. The van der Waals surface area contributed by atoms with Crippen LogP contribution >= 0.6 is 0 Å². The SMILES string of the molecule is COC(=O)[C@@H]1Cc2nc[nH]c2CN1Cc1ccc([N+](=O)[O-])cc1. The van der Waals surface area contributed by atoms with E-state index in [1.165, 1.54) is 19.2 Å². The Morgan fingerprint density at radius 3 is 2.87 bits per heavy atom. The fourth-order valence-corrected chi connectivity index (χ4v) is 2.78. The molecule has 0 radical (unpaired) electrons. The number of carbonyl (C=O) groups is 1. The number of nitro groups is 1. The van der Waals surface area contributed by atoms with Crippen LogP contribution in [0.1, 0.15) is 17.0 Å². The van der Waals surface area contributed by atoms with Gasteiger partial charge in [0.1, 0.15) is 6.04 Å². The molecule has 0 unspecified atom stereocenters. The predicted octanol–water partition coefficient (Wildman–Crippen LogP) is 1.42. The van der Waals surface area contributed by atoms with Crippen molar-refractivity contribution in [3.63, 3.8) is 0 Å². The number of non-ortho nitro benzene ring substituents is 1. The van der Waals surface area contributed by atoms with Crippen molar-refractivity contribution >= 4 is 11.7 Å². The molecule has 3 rings (SSSR count). The number of ether oxygens (including phenoxy) is 1. The normalized spacial score (nSPS) is 17.5. The summed E-state index contributed by atoms with van der Waals surface area (Å²) in [6.45, 7) is 1.04. The van der Waals surface area contributed by atoms with Crippen molar-refractivity contribution in [3.05, 3.63) is 57.7 Å². The van der Waals surface area contributed by atoms with Gasteiger partial charge in [-0.3, -0.25) is 19.8 Å². The van der Waals surface area contributed by atoms with E-state index in [4.69, 9.17) is 4.74 Å². The maximum atomic E-state index is 12.1. The van der Waals surface area contributed by atoms with Gasteiger partial charge in [0, 0.05) is 31.6 Å². The van der Waals surface area contributed by atoms with E-state index in [1.54, 1.807) is 18.5 Å². The van der Waals surface area contributed by atoms with Gasteiger partial charge in [-0.15, -0.1) is 0 Å². The summed E-state index contributed by atoms with van der Waals surface area (Å²) in [6, 6.07) is 5.93. The van der Waals surface area contributed by atoms with Gasteiger partial charge in [0.2, 0.25) is 0 Å². The lowest BCUT2D eigenvalue weighted by Gasteiger charge is -2.33. The molecule has 0 amide bonds. The first-order chi connectivity index (χ1) is 11.1. The molecule has 2 heterocycles. The molecule has 0 aliphatic carbocycles. The average Bonchev–Trinajstić information content (AvgIpc) is 3.01. The second kappa shape index (κ2) is 6.17. The number of hydrogen-bond acceptors (Lipinski definition) is 6. The first-order valence-corrected chi connectivity index (χ1v) is 7.15. The van der Waals surface area contributed by atoms with Crippen LogP contribution in [0.4, 0.5) is 5.69 Å². The van der Waals surface area contributed by atoms with Crippen LogP contribution in [-0.4, -0.2) is 38.9 Å². The molecule has 1 atom stereocenters. The maximum absolute atomic E-state index is 12.1. The van der Waals surface area contributed by atoms with E-state index < -0.39 is 11.0 Å². The number of H-pyrrole nitrogens is 1. The molecule has 1 aliphatic rings. The molecule has 23 heavy (non-hydrogen) atoms. The van der Waals surface area contributed by atoms with Gasteiger partial charge in [-0.1, -0.05) is 12.1 Å². The van der Waals surface area contributed by atoms with E-state index in [0.29, 0.717) is 19.5 Å². The number of esters is 1. The lowest BCUT2D eigenvalue weighted by atomic mass is 10.0. The second-order valence-corrected chi connectivity index (χ2v) is 5.40. The number of nitro benzene ring substituents is 1. The molecule has 8 heteroatoms. The van der Waals surface area contributed by atoms with E-state index in [-0.39, 0.29) is 11.7 Å². The van der Waals surface area contributed by atoms with Gasteiger partial charge in [0.25, 0.3) is 5.69 Å². The smallest absolute Gasteiger partial charge is 0.323 e. The quantitative estimate of drug-likeness (QED) is 0.520. The van der Waals surface area contributed by atoms with Crippen molar-refractivity contribution < 1.29 is 14.5 Å². The van der Waals surface area contributed by atoms with E-state index in [9.17, 15) is 14.9 Å². The molecule has 0 fully saturated rings. The number of nitrogens with one attached hydrogen (secondary N) is 1. The summed E-state index contributed by atoms with van der Waals surface area (Å²) in [6.07, 6.45) is 2.10. The van der Waals surface area contributed by atoms with Crippen LogP contribution in [0.5, 0.6) is 0 Å². The van der Waals surface area contributed by atoms with E-state index in [2.05, 4.69) is 9.97 Å². The summed E-state index contributed by atoms with van der Waals surface area (Å²) in [5, 5.41) is 10.7. The third kappa shape index (κ3) is 3.07. The second-order valence-electron chi connectivity index (χ2n) is 5.40. The van der Waals surface area contributed by atoms with Crippen molar-refractivity contribution in [2.24, 2.45) is 0 Å². The zero-order valence-electron chi connectivity index (χ0n) is 12.6. The van der Waals surface area contributed by atoms with Gasteiger partial charge in [-0.25, -0.2) is 4.98 Å². The summed E-state index contributed by atoms with van der Waals surface area (Å²) in [4.78, 5) is 31.6. The molecule has 1 aliphatic heterocycles. The van der Waals surface area contributed by atoms with Crippen LogP contribution in [0.2, 0.25) is 0 Å². The molecule has 0 saturated heterocycles. The Labute approximate surface area is 132 Å². The van der Waals surface area contributed by atoms with Gasteiger partial charge in [0.05, 0.1) is 29.7 Å². The monoisotopic (exact) mass is 316 g/mol. The molecule has 120 valence electrons. The summed E-state index contributed by atoms with van der Waals surface area (Å²) in [5.74, 6) is -0.305. The lowest BCUT2D eigenvalue weighted by molar-refractivity contribution is -0.384. The molecule has 1 aromatic carbocycles. The molecule has 1 aromatic heterocycles. The molecule has 0 spiro atoms. The number of hydrogen-bond donors (Lipinski definition) is 1. The van der Waals surface area contributed by atoms with Crippen molar-refractivity contribution in [1.82, 2.24) is 14.9 Å². The lowest BCUT2D eigenvalue weighted by Crippen LogP contribution is -2.45. The summed E-state index contributed by atoms with van der Waals surface area (Å²) in [7, 11) is 1.37. The van der Waals surface area contributed by atoms with E-state index >= 15 is 0 Å². The van der Waals surface area contributed by atoms with Crippen molar-refractivity contribution in [1.29, 1.82) is 0 Å². The van der Waals surface area contributed by atoms with E-state index in [1.807, 2.05) is 4.90 Å². The average molecular weight is 316 g/mol. The minimum atomic E-state index is -0.432. The first-order valence-electron chi connectivity index (χ1n) is 7.15. The Balaban J connectivity index is 1.81. The number of methoxy groups -OCH3 is 1. The van der Waals surface area contributed by atoms with Crippen molar-refractivity contribution in [3.8, 4) is 0 Å². The topological polar surface area (TPSA) is 101 Å². The number of fused-ring (bicyclic) bond motifs is 1. The van der Waals surface area contributed by atoms with Crippen molar-refractivity contribution in [2.75, 3.05) is 7.11 Å². The van der Waals surface area contributed by atoms with Crippen molar-refractivity contribution in [2.45, 2.75) is 25.6 Å². The van der Waals surface area contributed by atoms with Crippen LogP contribution in [0, 0.1) is 10.1 Å². The standard InChI is InChI=1S/C15H16N4O4/c1-23-15(20)14-6-12-13(17-9-16-12)8-18(14)7-10-2-4-11(5-3-10)19(21)22/h2-5,9,14H,6-8H2,1H3,(H,16,17)/t14-/m0/s1. The Morgan fingerprint density at radius 2 is 2.22 bits per heavy atom. The highest BCUT2D eigenvalue weighted by atomic mass is 16.6. The fraction of sp³-hybridized carbons (Fsp3) is 0.333. The molecule has 0 saturated carbocycles. The van der Waals surface area contributed by atoms with Gasteiger partial charge < -0.3 is 9.72 Å². The molecule has 2 aromatic rings. The molecule has 1 N–H and O–H groups in total. The summed E-state index contributed by atoms with van der Waals surface area (Å²) in [5.41, 5.74) is 2.80. The predicted molar refractivity (Wildman–Crippen MR) is 80.4 cm³/mol. The van der Waals surface area contributed by atoms with Crippen LogP contribution < -0.4 is 0 Å². The van der Waals surface area contributed by atoms with Gasteiger partial charge in [-0.05, 0) is 5.56 Å². The zero-order valence-corrected chi connectivity index (χ0v) is 12.6. The molecule has 8 nitrogen and oxygen atoms in total. The summed E-state index contributed by atoms with van der Waals surface area (Å²) >= 11 is 0. The number of rotatable bonds is 4. The van der Waals surface area contributed by atoms with Gasteiger partial charge in [-0.2, -0.15) is 0 Å². The number of aromatic amines is 1. The highest BCUT2D eigenvalue weighted by molar-refractivity contribution is 5.76. The van der Waals surface area contributed by atoms with E-state index in [0.717, 1.165) is 17.0 Å². The largest absolute Gasteiger partial charge is 0.468 e. The number of carbonyl (C=O) groups excluding carboxylic acids is 1. The fourth-order valence-electron chi connectivity index (χ4n) is 2.78. The molecular weight excluding hydrogens is 300 g/mol. The Bertz CT molecular complexity index is 725. The highest BCUT2D eigenvalue weighted by Gasteiger charge is 2.33. The summed E-state index contributed by atoms with van der Waals surface area (Å²) < 4.78 is 4.89. The highest BCUT2D eigenvalue weighted by Crippen LogP contribution is 2.24. The number of imidazole rings is 1. The third-order valence-corrected chi connectivity index (χ3v) is 4.00. The van der Waals surface area contributed by atoms with Crippen LogP contribution in [0.15, 0.2) is 30.6 Å². The van der Waals surface area contributed by atoms with Gasteiger partial charge >= 0.3 is 5.97 Å².